The summed E-state index contributed by atoms with van der Waals surface area (Å²) in [6, 6.07) is 13.2. The van der Waals surface area contributed by atoms with Crippen molar-refractivity contribution in [1.82, 2.24) is 9.62 Å². The highest BCUT2D eigenvalue weighted by Gasteiger charge is 2.18. The van der Waals surface area contributed by atoms with Gasteiger partial charge in [0, 0.05) is 25.3 Å². The summed E-state index contributed by atoms with van der Waals surface area (Å²) in [7, 11) is -2.06. The van der Waals surface area contributed by atoms with Crippen molar-refractivity contribution in [2.24, 2.45) is 0 Å². The molecule has 2 N–H and O–H groups in total. The zero-order chi connectivity index (χ0) is 19.3. The van der Waals surface area contributed by atoms with E-state index in [9.17, 15) is 13.2 Å². The van der Waals surface area contributed by atoms with Gasteiger partial charge in [0.15, 0.2) is 0 Å². The van der Waals surface area contributed by atoms with Gasteiger partial charge in [-0.05, 0) is 54.8 Å². The van der Waals surface area contributed by atoms with Gasteiger partial charge in [0.05, 0.1) is 12.0 Å². The molecule has 27 heavy (non-hydrogen) atoms. The van der Waals surface area contributed by atoms with Crippen molar-refractivity contribution in [1.29, 1.82) is 0 Å². The van der Waals surface area contributed by atoms with E-state index in [0.717, 1.165) is 31.5 Å². The van der Waals surface area contributed by atoms with Crippen molar-refractivity contribution < 1.29 is 17.9 Å². The molecular formula is C19H23N3O4S. The Morgan fingerprint density at radius 3 is 2.26 bits per heavy atom. The molecule has 1 aliphatic rings. The maximum atomic E-state index is 12.4. The van der Waals surface area contributed by atoms with Crippen LogP contribution in [0.1, 0.15) is 18.4 Å². The van der Waals surface area contributed by atoms with Gasteiger partial charge >= 0.3 is 6.03 Å². The van der Waals surface area contributed by atoms with Gasteiger partial charge in [-0.2, -0.15) is 0 Å². The maximum absolute atomic E-state index is 12.4. The zero-order valence-corrected chi connectivity index (χ0v) is 16.0. The second-order valence-corrected chi connectivity index (χ2v) is 8.09. The SMILES string of the molecule is COc1ccc(CNS(=O)(=O)c2ccc(NC(=O)N3CCCC3)cc2)cc1. The van der Waals surface area contributed by atoms with Crippen molar-refractivity contribution >= 4 is 21.7 Å². The van der Waals surface area contributed by atoms with Crippen LogP contribution in [0.15, 0.2) is 53.4 Å². The Hall–Kier alpha value is -2.58. The van der Waals surface area contributed by atoms with Crippen LogP contribution in [-0.4, -0.2) is 39.5 Å². The lowest BCUT2D eigenvalue weighted by Gasteiger charge is -2.16. The first kappa shape index (κ1) is 19.2. The molecule has 0 atom stereocenters. The molecule has 0 radical (unpaired) electrons. The number of nitrogens with zero attached hydrogens (tertiary/aromatic N) is 1. The Balaban J connectivity index is 1.59. The van der Waals surface area contributed by atoms with Crippen LogP contribution in [-0.2, 0) is 16.6 Å². The fourth-order valence-electron chi connectivity index (χ4n) is 2.85. The molecule has 1 aliphatic heterocycles. The fraction of sp³-hybridized carbons (Fsp3) is 0.316. The highest BCUT2D eigenvalue weighted by atomic mass is 32.2. The number of hydrogen-bond acceptors (Lipinski definition) is 4. The predicted molar refractivity (Wildman–Crippen MR) is 103 cm³/mol. The second kappa shape index (κ2) is 8.41. The summed E-state index contributed by atoms with van der Waals surface area (Å²) in [5.74, 6) is 0.716. The normalized spacial score (nSPS) is 14.2. The summed E-state index contributed by atoms with van der Waals surface area (Å²) in [5, 5.41) is 2.79. The molecule has 144 valence electrons. The van der Waals surface area contributed by atoms with Crippen molar-refractivity contribution in [3.63, 3.8) is 0 Å². The molecule has 8 heteroatoms. The summed E-state index contributed by atoms with van der Waals surface area (Å²) >= 11 is 0. The third-order valence-electron chi connectivity index (χ3n) is 4.43. The van der Waals surface area contributed by atoms with E-state index in [2.05, 4.69) is 10.0 Å². The summed E-state index contributed by atoms with van der Waals surface area (Å²) in [6.07, 6.45) is 2.04. The van der Waals surface area contributed by atoms with Crippen LogP contribution in [0.3, 0.4) is 0 Å². The number of amides is 2. The molecule has 0 unspecified atom stereocenters. The minimum atomic E-state index is -3.64. The second-order valence-electron chi connectivity index (χ2n) is 6.32. The molecule has 1 heterocycles. The Morgan fingerprint density at radius 2 is 1.67 bits per heavy atom. The van der Waals surface area contributed by atoms with Crippen molar-refractivity contribution in [2.45, 2.75) is 24.3 Å². The van der Waals surface area contributed by atoms with E-state index in [4.69, 9.17) is 4.74 Å². The van der Waals surface area contributed by atoms with Gasteiger partial charge in [-0.15, -0.1) is 0 Å². The molecule has 0 saturated carbocycles. The van der Waals surface area contributed by atoms with Crippen molar-refractivity contribution in [3.8, 4) is 5.75 Å². The maximum Gasteiger partial charge on any atom is 0.321 e. The number of anilines is 1. The Morgan fingerprint density at radius 1 is 1.04 bits per heavy atom. The number of nitrogens with one attached hydrogen (secondary N) is 2. The fourth-order valence-corrected chi connectivity index (χ4v) is 3.86. The van der Waals surface area contributed by atoms with E-state index >= 15 is 0 Å². The number of sulfonamides is 1. The Bertz CT molecular complexity index is 874. The molecule has 3 rings (SSSR count). The quantitative estimate of drug-likeness (QED) is 0.795. The van der Waals surface area contributed by atoms with Crippen LogP contribution in [0.5, 0.6) is 5.75 Å². The first-order valence-electron chi connectivity index (χ1n) is 8.76. The van der Waals surface area contributed by atoms with Crippen LogP contribution in [0, 0.1) is 0 Å². The molecule has 0 spiro atoms. The van der Waals surface area contributed by atoms with Crippen LogP contribution in [0.2, 0.25) is 0 Å². The monoisotopic (exact) mass is 389 g/mol. The molecule has 2 aromatic rings. The predicted octanol–water partition coefficient (Wildman–Crippen LogP) is 2.80. The van der Waals surface area contributed by atoms with Gasteiger partial charge in [-0.25, -0.2) is 17.9 Å². The standard InChI is InChI=1S/C19H23N3O4S/c1-26-17-8-4-15(5-9-17)14-20-27(24,25)18-10-6-16(7-11-18)21-19(23)22-12-2-3-13-22/h4-11,20H,2-3,12-14H2,1H3,(H,21,23). The molecule has 2 aromatic carbocycles. The van der Waals surface area contributed by atoms with Gasteiger partial charge in [0.1, 0.15) is 5.75 Å². The third kappa shape index (κ3) is 4.99. The first-order chi connectivity index (χ1) is 13.0. The average Bonchev–Trinajstić information content (AvgIpc) is 3.22. The smallest absolute Gasteiger partial charge is 0.321 e. The Kier molecular flexibility index (Phi) is 5.98. The number of carbonyl (C=O) groups is 1. The topological polar surface area (TPSA) is 87.7 Å². The minimum absolute atomic E-state index is 0.148. The molecule has 2 amide bonds. The molecule has 0 bridgehead atoms. The van der Waals surface area contributed by atoms with E-state index in [1.807, 2.05) is 0 Å². The molecule has 0 aliphatic carbocycles. The van der Waals surface area contributed by atoms with Gasteiger partial charge in [-0.3, -0.25) is 0 Å². The number of benzene rings is 2. The highest BCUT2D eigenvalue weighted by molar-refractivity contribution is 7.89. The number of methoxy groups -OCH3 is 1. The number of rotatable bonds is 6. The largest absolute Gasteiger partial charge is 0.497 e. The molecule has 1 fully saturated rings. The number of urea groups is 1. The van der Waals surface area contributed by atoms with Crippen LogP contribution in [0.25, 0.3) is 0 Å². The van der Waals surface area contributed by atoms with E-state index < -0.39 is 10.0 Å². The summed E-state index contributed by atoms with van der Waals surface area (Å²) in [6.45, 7) is 1.70. The lowest BCUT2D eigenvalue weighted by atomic mass is 10.2. The van der Waals surface area contributed by atoms with Crippen LogP contribution in [0.4, 0.5) is 10.5 Å². The average molecular weight is 389 g/mol. The van der Waals surface area contributed by atoms with E-state index in [-0.39, 0.29) is 17.5 Å². The number of ether oxygens (including phenoxy) is 1. The number of likely N-dealkylation sites (tertiary alicyclic amines) is 1. The first-order valence-corrected chi connectivity index (χ1v) is 10.2. The van der Waals surface area contributed by atoms with E-state index in [1.165, 1.54) is 12.1 Å². The highest BCUT2D eigenvalue weighted by Crippen LogP contribution is 2.17. The minimum Gasteiger partial charge on any atom is -0.497 e. The van der Waals surface area contributed by atoms with Gasteiger partial charge in [0.2, 0.25) is 10.0 Å². The van der Waals surface area contributed by atoms with E-state index in [1.54, 1.807) is 48.4 Å². The summed E-state index contributed by atoms with van der Waals surface area (Å²) in [4.78, 5) is 14.0. The molecule has 0 aromatic heterocycles. The lowest BCUT2D eigenvalue weighted by molar-refractivity contribution is 0.222. The number of hydrogen-bond donors (Lipinski definition) is 2. The Labute approximate surface area is 159 Å². The molecular weight excluding hydrogens is 366 g/mol. The van der Waals surface area contributed by atoms with Crippen LogP contribution < -0.4 is 14.8 Å². The summed E-state index contributed by atoms with van der Waals surface area (Å²) < 4.78 is 32.5. The van der Waals surface area contributed by atoms with Crippen molar-refractivity contribution in [2.75, 3.05) is 25.5 Å². The number of carbonyl (C=O) groups excluding carboxylic acids is 1. The van der Waals surface area contributed by atoms with Gasteiger partial charge in [-0.1, -0.05) is 12.1 Å². The third-order valence-corrected chi connectivity index (χ3v) is 5.85. The van der Waals surface area contributed by atoms with E-state index in [0.29, 0.717) is 11.4 Å². The van der Waals surface area contributed by atoms with Crippen molar-refractivity contribution in [3.05, 3.63) is 54.1 Å². The molecule has 1 saturated heterocycles. The zero-order valence-electron chi connectivity index (χ0n) is 15.1. The van der Waals surface area contributed by atoms with Gasteiger partial charge in [0.25, 0.3) is 0 Å². The van der Waals surface area contributed by atoms with Gasteiger partial charge < -0.3 is 15.0 Å². The van der Waals surface area contributed by atoms with Crippen LogP contribution >= 0.6 is 0 Å². The summed E-state index contributed by atoms with van der Waals surface area (Å²) in [5.41, 5.74) is 1.40. The molecule has 7 nitrogen and oxygen atoms in total. The lowest BCUT2D eigenvalue weighted by Crippen LogP contribution is -2.32.